The average molecular weight is 228 g/mol. The van der Waals surface area contributed by atoms with Crippen molar-refractivity contribution in [2.24, 2.45) is 5.92 Å². The zero-order valence-electron chi connectivity index (χ0n) is 8.84. The number of hydrogen-bond donors (Lipinski definition) is 2. The second-order valence-corrected chi connectivity index (χ2v) is 4.12. The van der Waals surface area contributed by atoms with Crippen LogP contribution in [0.4, 0.5) is 0 Å². The number of unbranched alkanes of at least 4 members (excludes halogenated alkanes) is 3. The number of thiocarbonyl (C=S) groups is 1. The monoisotopic (exact) mass is 228 g/mol. The van der Waals surface area contributed by atoms with Crippen LogP contribution in [0.1, 0.15) is 39.0 Å². The van der Waals surface area contributed by atoms with E-state index >= 15 is 0 Å². The summed E-state index contributed by atoms with van der Waals surface area (Å²) in [6.45, 7) is 2.12. The van der Waals surface area contributed by atoms with E-state index in [1.165, 1.54) is 0 Å². The summed E-state index contributed by atoms with van der Waals surface area (Å²) in [6, 6.07) is 0. The van der Waals surface area contributed by atoms with Crippen LogP contribution >= 0.6 is 12.2 Å². The van der Waals surface area contributed by atoms with Crippen LogP contribution in [0, 0.1) is 5.92 Å². The molecule has 84 valence electrons. The molecule has 0 aromatic heterocycles. The van der Waals surface area contributed by atoms with Crippen molar-refractivity contribution in [3.05, 3.63) is 0 Å². The predicted molar refractivity (Wildman–Crippen MR) is 61.1 cm³/mol. The Bertz CT molecular complexity index is 259. The van der Waals surface area contributed by atoms with Gasteiger partial charge in [-0.15, -0.1) is 0 Å². The second-order valence-electron chi connectivity index (χ2n) is 3.71. The second kappa shape index (κ2) is 5.80. The lowest BCUT2D eigenvalue weighted by Crippen LogP contribution is -2.55. The number of nitrogens with one attached hydrogen (secondary N) is 2. The molecule has 0 spiro atoms. The lowest BCUT2D eigenvalue weighted by atomic mass is 9.98. The SMILES string of the molecule is CCCCCCC1C(=O)NC(=S)NC1=O. The van der Waals surface area contributed by atoms with Gasteiger partial charge >= 0.3 is 0 Å². The molecule has 1 fully saturated rings. The Morgan fingerprint density at radius 3 is 2.27 bits per heavy atom. The van der Waals surface area contributed by atoms with Gasteiger partial charge in [-0.05, 0) is 18.6 Å². The molecule has 2 amide bonds. The maximum Gasteiger partial charge on any atom is 0.238 e. The van der Waals surface area contributed by atoms with Crippen LogP contribution < -0.4 is 10.6 Å². The molecular weight excluding hydrogens is 212 g/mol. The summed E-state index contributed by atoms with van der Waals surface area (Å²) in [6.07, 6.45) is 4.88. The van der Waals surface area contributed by atoms with Crippen molar-refractivity contribution in [2.75, 3.05) is 0 Å². The first-order valence-corrected chi connectivity index (χ1v) is 5.71. The molecule has 0 aliphatic carbocycles. The lowest BCUT2D eigenvalue weighted by molar-refractivity contribution is -0.135. The summed E-state index contributed by atoms with van der Waals surface area (Å²) in [5.74, 6) is -1.09. The van der Waals surface area contributed by atoms with Gasteiger partial charge in [0, 0.05) is 0 Å². The molecule has 15 heavy (non-hydrogen) atoms. The van der Waals surface area contributed by atoms with Crippen molar-refractivity contribution in [3.8, 4) is 0 Å². The average Bonchev–Trinajstić information content (AvgIpc) is 2.15. The fraction of sp³-hybridized carbons (Fsp3) is 0.700. The molecule has 0 atom stereocenters. The first-order valence-electron chi connectivity index (χ1n) is 5.31. The molecule has 1 rings (SSSR count). The van der Waals surface area contributed by atoms with Gasteiger partial charge in [0.15, 0.2) is 5.11 Å². The maximum absolute atomic E-state index is 11.4. The van der Waals surface area contributed by atoms with Crippen molar-refractivity contribution in [1.29, 1.82) is 0 Å². The fourth-order valence-corrected chi connectivity index (χ4v) is 1.79. The summed E-state index contributed by atoms with van der Waals surface area (Å²) in [5.41, 5.74) is 0. The Morgan fingerprint density at radius 1 is 1.13 bits per heavy atom. The summed E-state index contributed by atoms with van der Waals surface area (Å²) in [5, 5.41) is 5.04. The van der Waals surface area contributed by atoms with Crippen molar-refractivity contribution >= 4 is 29.1 Å². The molecule has 1 aliphatic heterocycles. The van der Waals surface area contributed by atoms with Gasteiger partial charge in [-0.3, -0.25) is 9.59 Å². The number of carbonyl (C=O) groups is 2. The Hall–Kier alpha value is -0.970. The van der Waals surface area contributed by atoms with Crippen LogP contribution in [-0.4, -0.2) is 16.9 Å². The highest BCUT2D eigenvalue weighted by Crippen LogP contribution is 2.13. The Labute approximate surface area is 94.8 Å². The minimum atomic E-state index is -0.562. The number of hydrogen-bond acceptors (Lipinski definition) is 3. The normalized spacial score (nSPS) is 17.5. The van der Waals surface area contributed by atoms with E-state index in [9.17, 15) is 9.59 Å². The number of rotatable bonds is 5. The lowest BCUT2D eigenvalue weighted by Gasteiger charge is -2.22. The molecule has 1 heterocycles. The highest BCUT2D eigenvalue weighted by Gasteiger charge is 2.31. The van der Waals surface area contributed by atoms with Gasteiger partial charge in [0.2, 0.25) is 11.8 Å². The van der Waals surface area contributed by atoms with Gasteiger partial charge in [-0.25, -0.2) is 0 Å². The number of carbonyl (C=O) groups excluding carboxylic acids is 2. The van der Waals surface area contributed by atoms with Gasteiger partial charge < -0.3 is 10.6 Å². The van der Waals surface area contributed by atoms with Crippen LogP contribution in [0.5, 0.6) is 0 Å². The van der Waals surface area contributed by atoms with E-state index < -0.39 is 5.92 Å². The smallest absolute Gasteiger partial charge is 0.238 e. The van der Waals surface area contributed by atoms with E-state index in [2.05, 4.69) is 17.6 Å². The van der Waals surface area contributed by atoms with Crippen molar-refractivity contribution in [1.82, 2.24) is 10.6 Å². The van der Waals surface area contributed by atoms with E-state index in [-0.39, 0.29) is 16.9 Å². The van der Waals surface area contributed by atoms with Gasteiger partial charge in [-0.2, -0.15) is 0 Å². The summed E-state index contributed by atoms with van der Waals surface area (Å²) < 4.78 is 0. The largest absolute Gasteiger partial charge is 0.302 e. The number of amides is 2. The van der Waals surface area contributed by atoms with Gasteiger partial charge in [0.05, 0.1) is 0 Å². The summed E-state index contributed by atoms with van der Waals surface area (Å²) in [7, 11) is 0. The Morgan fingerprint density at radius 2 is 1.73 bits per heavy atom. The summed E-state index contributed by atoms with van der Waals surface area (Å²) in [4.78, 5) is 22.8. The highest BCUT2D eigenvalue weighted by atomic mass is 32.1. The first-order chi connectivity index (χ1) is 7.15. The Balaban J connectivity index is 2.36. The van der Waals surface area contributed by atoms with E-state index in [1.54, 1.807) is 0 Å². The molecule has 0 unspecified atom stereocenters. The standard InChI is InChI=1S/C10H16N2O2S/c1-2-3-4-5-6-7-8(13)11-10(15)12-9(7)14/h7H,2-6H2,1H3,(H2,11,12,13,14,15). The van der Waals surface area contributed by atoms with Crippen LogP contribution in [0.3, 0.4) is 0 Å². The maximum atomic E-state index is 11.4. The molecule has 0 bridgehead atoms. The van der Waals surface area contributed by atoms with Crippen LogP contribution in [0.25, 0.3) is 0 Å². The third kappa shape index (κ3) is 3.58. The molecule has 0 saturated carbocycles. The van der Waals surface area contributed by atoms with Crippen molar-refractivity contribution in [2.45, 2.75) is 39.0 Å². The zero-order valence-corrected chi connectivity index (χ0v) is 9.65. The fourth-order valence-electron chi connectivity index (χ4n) is 1.59. The molecule has 4 nitrogen and oxygen atoms in total. The van der Waals surface area contributed by atoms with Crippen molar-refractivity contribution in [3.63, 3.8) is 0 Å². The third-order valence-corrected chi connectivity index (χ3v) is 2.66. The van der Waals surface area contributed by atoms with Crippen LogP contribution in [0.2, 0.25) is 0 Å². The molecule has 0 aromatic rings. The van der Waals surface area contributed by atoms with E-state index in [1.807, 2.05) is 0 Å². The predicted octanol–water partition coefficient (Wildman–Crippen LogP) is 1.10. The topological polar surface area (TPSA) is 58.2 Å². The van der Waals surface area contributed by atoms with Gasteiger partial charge in [0.1, 0.15) is 5.92 Å². The van der Waals surface area contributed by atoms with E-state index in [0.717, 1.165) is 25.7 Å². The molecule has 0 radical (unpaired) electrons. The summed E-state index contributed by atoms with van der Waals surface area (Å²) >= 11 is 4.70. The highest BCUT2D eigenvalue weighted by molar-refractivity contribution is 7.80. The molecule has 5 heteroatoms. The first kappa shape index (κ1) is 12.1. The minimum Gasteiger partial charge on any atom is -0.302 e. The van der Waals surface area contributed by atoms with Crippen LogP contribution in [0.15, 0.2) is 0 Å². The van der Waals surface area contributed by atoms with Crippen LogP contribution in [-0.2, 0) is 9.59 Å². The minimum absolute atomic E-state index is 0.120. The molecule has 1 aliphatic rings. The molecule has 0 aromatic carbocycles. The quantitative estimate of drug-likeness (QED) is 0.421. The van der Waals surface area contributed by atoms with E-state index in [4.69, 9.17) is 12.2 Å². The molecular formula is C10H16N2O2S. The van der Waals surface area contributed by atoms with Gasteiger partial charge in [-0.1, -0.05) is 32.6 Å². The van der Waals surface area contributed by atoms with Crippen molar-refractivity contribution < 1.29 is 9.59 Å². The molecule has 1 saturated heterocycles. The third-order valence-electron chi connectivity index (χ3n) is 2.45. The Kier molecular flexibility index (Phi) is 4.68. The van der Waals surface area contributed by atoms with Gasteiger partial charge in [0.25, 0.3) is 0 Å². The zero-order chi connectivity index (χ0) is 11.3. The van der Waals surface area contributed by atoms with E-state index in [0.29, 0.717) is 6.42 Å². The molecule has 2 N–H and O–H groups in total.